The summed E-state index contributed by atoms with van der Waals surface area (Å²) in [5.74, 6) is 4.70. The van der Waals surface area contributed by atoms with Crippen LogP contribution >= 0.6 is 0 Å². The van der Waals surface area contributed by atoms with Crippen LogP contribution in [0.4, 0.5) is 13.2 Å². The van der Waals surface area contributed by atoms with Gasteiger partial charge in [-0.2, -0.15) is 13.2 Å². The van der Waals surface area contributed by atoms with Crippen LogP contribution in [-0.2, 0) is 16.4 Å². The maximum Gasteiger partial charge on any atom is 0.416 e. The van der Waals surface area contributed by atoms with Crippen molar-refractivity contribution in [2.75, 3.05) is 26.7 Å². The van der Waals surface area contributed by atoms with E-state index in [-0.39, 0.29) is 11.8 Å². The second-order valence-electron chi connectivity index (χ2n) is 10.6. The van der Waals surface area contributed by atoms with E-state index >= 15 is 0 Å². The van der Waals surface area contributed by atoms with Crippen molar-refractivity contribution in [3.05, 3.63) is 77.9 Å². The van der Waals surface area contributed by atoms with Crippen LogP contribution in [0.2, 0.25) is 0 Å². The van der Waals surface area contributed by atoms with Crippen LogP contribution in [-0.4, -0.2) is 58.9 Å². The number of likely N-dealkylation sites (N-methyl/N-ethyl adjacent to an activating group) is 1. The van der Waals surface area contributed by atoms with Crippen LogP contribution in [0.1, 0.15) is 42.4 Å². The summed E-state index contributed by atoms with van der Waals surface area (Å²) in [4.78, 5) is 12.7. The van der Waals surface area contributed by atoms with E-state index in [0.29, 0.717) is 42.3 Å². The predicted octanol–water partition coefficient (Wildman–Crippen LogP) is 4.14. The largest absolute Gasteiger partial charge is 0.508 e. The van der Waals surface area contributed by atoms with E-state index in [2.05, 4.69) is 30.8 Å². The number of hydrogen-bond donors (Lipinski definition) is 3. The molecule has 0 bridgehead atoms. The number of halogens is 3. The quantitative estimate of drug-likeness (QED) is 0.327. The molecular weight excluding hydrogens is 481 g/mol. The minimum absolute atomic E-state index is 0.122. The van der Waals surface area contributed by atoms with Crippen LogP contribution in [0, 0.1) is 11.8 Å². The minimum atomic E-state index is -4.43. The Balaban J connectivity index is 1.54. The fraction of sp³-hybridized carbons (Fsp3) is 0.414. The molecule has 1 saturated heterocycles. The third kappa shape index (κ3) is 5.53. The van der Waals surface area contributed by atoms with Gasteiger partial charge in [0.25, 0.3) is 5.91 Å². The normalized spacial score (nSPS) is 29.4. The molecule has 0 spiro atoms. The van der Waals surface area contributed by atoms with Gasteiger partial charge in [0, 0.05) is 29.4 Å². The summed E-state index contributed by atoms with van der Waals surface area (Å²) in [5.41, 5.74) is -1.32. The SMILES string of the molecule is C=CC[N@@+]1(C)CC[C@@]2(c3cccc(O)c3)C[C@H](NC(=O)C#Cc3ccc(C(F)(F)F)cc3)CCC2(O)C1. The van der Waals surface area contributed by atoms with Crippen molar-refractivity contribution < 1.29 is 32.7 Å². The average molecular weight is 514 g/mol. The molecule has 1 amide bonds. The van der Waals surface area contributed by atoms with Gasteiger partial charge in [0.05, 0.1) is 25.7 Å². The molecule has 3 N–H and O–H groups in total. The number of nitrogens with one attached hydrogen (secondary N) is 1. The Morgan fingerprint density at radius 2 is 1.97 bits per heavy atom. The Morgan fingerprint density at radius 3 is 2.62 bits per heavy atom. The zero-order valence-corrected chi connectivity index (χ0v) is 20.8. The Kier molecular flexibility index (Phi) is 7.15. The van der Waals surface area contributed by atoms with Crippen molar-refractivity contribution in [1.82, 2.24) is 5.32 Å². The standard InChI is InChI=1S/C29H31F3N2O3/c1-3-16-34(2)17-15-27(23-5-4-6-25(35)18-23)19-24(13-14-28(27,37)20-34)33-26(36)12-9-21-7-10-22(11-8-21)29(30,31)32/h3-8,10-11,18,24,37H,1,13-17,19-20H2,2H3,(H-,33,35,36)/p+1/t24-,27+,28?,34+/m1/s1. The van der Waals surface area contributed by atoms with Crippen LogP contribution in [0.3, 0.4) is 0 Å². The van der Waals surface area contributed by atoms with Crippen molar-refractivity contribution in [2.45, 2.75) is 48.9 Å². The van der Waals surface area contributed by atoms with Gasteiger partial charge in [-0.3, -0.25) is 4.79 Å². The van der Waals surface area contributed by atoms with Gasteiger partial charge in [0.1, 0.15) is 17.9 Å². The fourth-order valence-corrected chi connectivity index (χ4v) is 6.12. The number of phenolic OH excluding ortho intramolecular Hbond substituents is 1. The molecule has 0 aromatic heterocycles. The summed E-state index contributed by atoms with van der Waals surface area (Å²) in [6.45, 7) is 5.94. The second-order valence-corrected chi connectivity index (χ2v) is 10.6. The Labute approximate surface area is 215 Å². The first-order valence-corrected chi connectivity index (χ1v) is 12.3. The third-order valence-electron chi connectivity index (χ3n) is 7.95. The number of likely N-dealkylation sites (tertiary alicyclic amines) is 1. The number of quaternary nitrogens is 1. The molecule has 1 unspecified atom stereocenters. The first kappa shape index (κ1) is 26.8. The van der Waals surface area contributed by atoms with Gasteiger partial charge in [-0.1, -0.05) is 24.6 Å². The lowest BCUT2D eigenvalue weighted by Gasteiger charge is -2.59. The molecule has 5 nitrogen and oxygen atoms in total. The number of fused-ring (bicyclic) bond motifs is 1. The highest BCUT2D eigenvalue weighted by molar-refractivity contribution is 5.94. The summed E-state index contributed by atoms with van der Waals surface area (Å²) in [6, 6.07) is 11.1. The fourth-order valence-electron chi connectivity index (χ4n) is 6.12. The van der Waals surface area contributed by atoms with Crippen molar-refractivity contribution in [2.24, 2.45) is 0 Å². The van der Waals surface area contributed by atoms with Crippen molar-refractivity contribution >= 4 is 5.91 Å². The van der Waals surface area contributed by atoms with Crippen molar-refractivity contribution in [3.63, 3.8) is 0 Å². The predicted molar refractivity (Wildman–Crippen MR) is 134 cm³/mol. The van der Waals surface area contributed by atoms with Gasteiger partial charge in [0.15, 0.2) is 0 Å². The first-order chi connectivity index (χ1) is 17.4. The monoisotopic (exact) mass is 513 g/mol. The van der Waals surface area contributed by atoms with Crippen molar-refractivity contribution in [3.8, 4) is 17.6 Å². The lowest BCUT2D eigenvalue weighted by molar-refractivity contribution is -0.918. The Morgan fingerprint density at radius 1 is 1.24 bits per heavy atom. The number of alkyl halides is 3. The van der Waals surface area contributed by atoms with Gasteiger partial charge in [-0.15, -0.1) is 0 Å². The highest BCUT2D eigenvalue weighted by Crippen LogP contribution is 2.53. The van der Waals surface area contributed by atoms with Gasteiger partial charge < -0.3 is 20.0 Å². The lowest BCUT2D eigenvalue weighted by Crippen LogP contribution is -2.71. The molecule has 2 aliphatic rings. The number of piperidine rings is 1. The molecule has 1 aliphatic carbocycles. The third-order valence-corrected chi connectivity index (χ3v) is 7.95. The maximum absolute atomic E-state index is 12.8. The van der Waals surface area contributed by atoms with E-state index in [1.807, 2.05) is 12.1 Å². The van der Waals surface area contributed by atoms with Crippen LogP contribution in [0.5, 0.6) is 5.75 Å². The molecule has 4 atom stereocenters. The van der Waals surface area contributed by atoms with E-state index in [4.69, 9.17) is 0 Å². The molecule has 8 heteroatoms. The van der Waals surface area contributed by atoms with Crippen LogP contribution < -0.4 is 5.32 Å². The molecule has 4 rings (SSSR count). The van der Waals surface area contributed by atoms with E-state index in [1.54, 1.807) is 18.2 Å². The molecule has 0 radical (unpaired) electrons. The molecular formula is C29H32F3N2O3+. The number of carbonyl (C=O) groups is 1. The summed E-state index contributed by atoms with van der Waals surface area (Å²) in [5, 5.41) is 25.2. The number of rotatable bonds is 4. The maximum atomic E-state index is 12.8. The molecule has 2 aromatic carbocycles. The first-order valence-electron chi connectivity index (χ1n) is 12.3. The van der Waals surface area contributed by atoms with E-state index in [1.165, 1.54) is 12.1 Å². The van der Waals surface area contributed by atoms with Gasteiger partial charge in [0.2, 0.25) is 0 Å². The number of nitrogens with zero attached hydrogens (tertiary/aromatic N) is 1. The molecule has 2 fully saturated rings. The molecule has 1 heterocycles. The number of carbonyl (C=O) groups excluding carboxylic acids is 1. The van der Waals surface area contributed by atoms with Gasteiger partial charge in [-0.25, -0.2) is 0 Å². The van der Waals surface area contributed by atoms with Crippen LogP contribution in [0.25, 0.3) is 0 Å². The Bertz CT molecular complexity index is 1230. The molecule has 1 saturated carbocycles. The number of phenols is 1. The van der Waals surface area contributed by atoms with Gasteiger partial charge in [-0.05, 0) is 67.3 Å². The molecule has 1 aliphatic heterocycles. The van der Waals surface area contributed by atoms with Gasteiger partial charge >= 0.3 is 6.18 Å². The topological polar surface area (TPSA) is 69.6 Å². The molecule has 37 heavy (non-hydrogen) atoms. The van der Waals surface area contributed by atoms with Crippen molar-refractivity contribution in [1.29, 1.82) is 0 Å². The Hall–Kier alpha value is -3.28. The number of amides is 1. The number of aliphatic hydroxyl groups is 1. The average Bonchev–Trinajstić information content (AvgIpc) is 2.83. The smallest absolute Gasteiger partial charge is 0.416 e. The number of aromatic hydroxyl groups is 1. The second kappa shape index (κ2) is 9.88. The number of hydrogen-bond acceptors (Lipinski definition) is 3. The summed E-state index contributed by atoms with van der Waals surface area (Å²) >= 11 is 0. The summed E-state index contributed by atoms with van der Waals surface area (Å²) < 4.78 is 38.9. The summed E-state index contributed by atoms with van der Waals surface area (Å²) in [7, 11) is 2.11. The summed E-state index contributed by atoms with van der Waals surface area (Å²) in [6.07, 6.45) is -0.399. The lowest BCUT2D eigenvalue weighted by atomic mass is 9.55. The van der Waals surface area contributed by atoms with E-state index < -0.39 is 28.7 Å². The highest BCUT2D eigenvalue weighted by Gasteiger charge is 2.61. The zero-order valence-electron chi connectivity index (χ0n) is 20.8. The van der Waals surface area contributed by atoms with Crippen LogP contribution in [0.15, 0.2) is 61.2 Å². The van der Waals surface area contributed by atoms with E-state index in [0.717, 1.165) is 30.8 Å². The van der Waals surface area contributed by atoms with E-state index in [9.17, 15) is 28.2 Å². The molecule has 196 valence electrons. The highest BCUT2D eigenvalue weighted by atomic mass is 19.4. The molecule has 2 aromatic rings. The zero-order chi connectivity index (χ0) is 26.9. The number of benzene rings is 2. The minimum Gasteiger partial charge on any atom is -0.508 e.